The highest BCUT2D eigenvalue weighted by Crippen LogP contribution is 2.12. The molecule has 6 heteroatoms. The van der Waals surface area contributed by atoms with E-state index in [9.17, 15) is 13.2 Å². The number of sulfone groups is 1. The molecule has 1 amide bonds. The molecule has 1 aliphatic rings. The second-order valence-electron chi connectivity index (χ2n) is 7.41. The number of carbonyl (C=O) groups is 1. The summed E-state index contributed by atoms with van der Waals surface area (Å²) in [5.41, 5.74) is 2.37. The fourth-order valence-electron chi connectivity index (χ4n) is 3.66. The Morgan fingerprint density at radius 2 is 1.54 bits per heavy atom. The molecule has 150 valence electrons. The van der Waals surface area contributed by atoms with Gasteiger partial charge in [-0.25, -0.2) is 8.42 Å². The van der Waals surface area contributed by atoms with Gasteiger partial charge in [-0.15, -0.1) is 0 Å². The highest BCUT2D eigenvalue weighted by Gasteiger charge is 2.17. The lowest BCUT2D eigenvalue weighted by molar-refractivity contribution is -0.918. The third-order valence-corrected chi connectivity index (χ3v) is 7.03. The van der Waals surface area contributed by atoms with Gasteiger partial charge in [0.25, 0.3) is 0 Å². The van der Waals surface area contributed by atoms with E-state index in [0.29, 0.717) is 6.54 Å². The van der Waals surface area contributed by atoms with Crippen LogP contribution in [0.25, 0.3) is 0 Å². The number of rotatable bonds is 8. The highest BCUT2D eigenvalue weighted by molar-refractivity contribution is 7.91. The number of benzene rings is 2. The van der Waals surface area contributed by atoms with Crippen molar-refractivity contribution in [2.24, 2.45) is 0 Å². The molecule has 2 aromatic rings. The number of quaternary nitrogens is 1. The molecule has 1 saturated heterocycles. The molecule has 0 atom stereocenters. The second kappa shape index (κ2) is 9.85. The summed E-state index contributed by atoms with van der Waals surface area (Å²) in [5.74, 6) is -0.415. The van der Waals surface area contributed by atoms with Crippen LogP contribution in [0.3, 0.4) is 0 Å². The lowest BCUT2D eigenvalue weighted by Crippen LogP contribution is -3.11. The molecule has 1 heterocycles. The van der Waals surface area contributed by atoms with Crippen molar-refractivity contribution in [3.8, 4) is 0 Å². The summed E-state index contributed by atoms with van der Waals surface area (Å²) in [5, 5.41) is 2.89. The molecule has 0 bridgehead atoms. The molecule has 1 fully saturated rings. The molecular weight excluding hydrogens is 372 g/mol. The van der Waals surface area contributed by atoms with Crippen LogP contribution in [0.15, 0.2) is 59.5 Å². The molecule has 0 unspecified atom stereocenters. The van der Waals surface area contributed by atoms with E-state index >= 15 is 0 Å². The first-order chi connectivity index (χ1) is 13.5. The van der Waals surface area contributed by atoms with E-state index in [0.717, 1.165) is 12.1 Å². The maximum absolute atomic E-state index is 12.3. The third kappa shape index (κ3) is 5.91. The van der Waals surface area contributed by atoms with Crippen LogP contribution in [0.1, 0.15) is 36.8 Å². The Labute approximate surface area is 167 Å². The van der Waals surface area contributed by atoms with Gasteiger partial charge in [0.1, 0.15) is 6.54 Å². The monoisotopic (exact) mass is 401 g/mol. The van der Waals surface area contributed by atoms with Crippen LogP contribution in [0.2, 0.25) is 0 Å². The molecule has 1 aliphatic heterocycles. The van der Waals surface area contributed by atoms with Crippen LogP contribution >= 0.6 is 0 Å². The normalized spacial score (nSPS) is 15.3. The van der Waals surface area contributed by atoms with E-state index in [1.165, 1.54) is 37.9 Å². The lowest BCUT2D eigenvalue weighted by Gasteiger charge is -2.24. The molecule has 0 radical (unpaired) electrons. The van der Waals surface area contributed by atoms with Gasteiger partial charge in [-0.1, -0.05) is 42.5 Å². The Hall–Kier alpha value is -2.18. The summed E-state index contributed by atoms with van der Waals surface area (Å²) in [6.07, 6.45) is 3.86. The number of piperidine rings is 1. The maximum Gasteiger partial charge on any atom is 0.221 e. The van der Waals surface area contributed by atoms with Crippen molar-refractivity contribution in [2.75, 3.05) is 18.8 Å². The number of likely N-dealkylation sites (tertiary alicyclic amines) is 1. The van der Waals surface area contributed by atoms with Crippen LogP contribution in [0, 0.1) is 0 Å². The van der Waals surface area contributed by atoms with Crippen molar-refractivity contribution < 1.29 is 18.1 Å². The minimum atomic E-state index is -3.43. The summed E-state index contributed by atoms with van der Waals surface area (Å²) in [6.45, 7) is 3.83. The van der Waals surface area contributed by atoms with Gasteiger partial charge in [-0.05, 0) is 37.0 Å². The predicted molar refractivity (Wildman–Crippen MR) is 110 cm³/mol. The summed E-state index contributed by atoms with van der Waals surface area (Å²) < 4.78 is 24.6. The number of hydrogen-bond donors (Lipinski definition) is 2. The van der Waals surface area contributed by atoms with E-state index in [1.54, 1.807) is 35.2 Å². The molecule has 2 N–H and O–H groups in total. The Morgan fingerprint density at radius 3 is 2.25 bits per heavy atom. The Kier molecular flexibility index (Phi) is 7.23. The van der Waals surface area contributed by atoms with E-state index in [4.69, 9.17) is 0 Å². The molecule has 28 heavy (non-hydrogen) atoms. The van der Waals surface area contributed by atoms with Crippen LogP contribution in [0.4, 0.5) is 0 Å². The first-order valence-corrected chi connectivity index (χ1v) is 11.6. The molecule has 0 aromatic heterocycles. The summed E-state index contributed by atoms with van der Waals surface area (Å²) in [7, 11) is -3.43. The van der Waals surface area contributed by atoms with E-state index in [-0.39, 0.29) is 23.0 Å². The van der Waals surface area contributed by atoms with Gasteiger partial charge in [-0.3, -0.25) is 4.79 Å². The van der Waals surface area contributed by atoms with Gasteiger partial charge < -0.3 is 10.2 Å². The highest BCUT2D eigenvalue weighted by atomic mass is 32.2. The van der Waals surface area contributed by atoms with E-state index in [1.807, 2.05) is 18.2 Å². The molecular formula is C22H29N2O3S+. The SMILES string of the molecule is O=C(CCS(=O)(=O)c1ccccc1)NCc1ccccc1C[NH+]1CCCCC1. The van der Waals surface area contributed by atoms with E-state index < -0.39 is 9.84 Å². The lowest BCUT2D eigenvalue weighted by atomic mass is 10.0. The topological polar surface area (TPSA) is 67.7 Å². The van der Waals surface area contributed by atoms with Gasteiger partial charge in [0.05, 0.1) is 23.7 Å². The van der Waals surface area contributed by atoms with Crippen LogP contribution < -0.4 is 10.2 Å². The molecule has 0 spiro atoms. The van der Waals surface area contributed by atoms with Gasteiger partial charge in [0, 0.05) is 18.5 Å². The number of hydrogen-bond acceptors (Lipinski definition) is 3. The molecule has 0 aliphatic carbocycles. The van der Waals surface area contributed by atoms with Crippen molar-refractivity contribution >= 4 is 15.7 Å². The minimum absolute atomic E-state index is 0.0310. The Balaban J connectivity index is 1.52. The number of nitrogens with one attached hydrogen (secondary N) is 2. The average Bonchev–Trinajstić information content (AvgIpc) is 2.73. The van der Waals surface area contributed by atoms with Crippen LogP contribution in [-0.4, -0.2) is 33.2 Å². The Bertz CT molecular complexity index is 876. The van der Waals surface area contributed by atoms with Gasteiger partial charge in [0.2, 0.25) is 5.91 Å². The van der Waals surface area contributed by atoms with Crippen molar-refractivity contribution in [3.05, 3.63) is 65.7 Å². The first-order valence-electron chi connectivity index (χ1n) is 9.99. The van der Waals surface area contributed by atoms with Crippen molar-refractivity contribution in [2.45, 2.75) is 43.7 Å². The van der Waals surface area contributed by atoms with Crippen molar-refractivity contribution in [3.63, 3.8) is 0 Å². The number of amides is 1. The number of carbonyl (C=O) groups excluding carboxylic acids is 1. The first kappa shape index (κ1) is 20.6. The second-order valence-corrected chi connectivity index (χ2v) is 9.52. The summed E-state index contributed by atoms with van der Waals surface area (Å²) >= 11 is 0. The molecule has 5 nitrogen and oxygen atoms in total. The standard InChI is InChI=1S/C22H28N2O3S/c25-22(13-16-28(26,27)21-11-3-1-4-12-21)23-17-19-9-5-6-10-20(19)18-24-14-7-2-8-15-24/h1,3-6,9-12H,2,7-8,13-18H2,(H,23,25)/p+1. The fraction of sp³-hybridized carbons (Fsp3) is 0.409. The van der Waals surface area contributed by atoms with Gasteiger partial charge >= 0.3 is 0 Å². The predicted octanol–water partition coefficient (Wildman–Crippen LogP) is 1.74. The van der Waals surface area contributed by atoms with Crippen molar-refractivity contribution in [1.29, 1.82) is 0 Å². The van der Waals surface area contributed by atoms with Gasteiger partial charge in [-0.2, -0.15) is 0 Å². The third-order valence-electron chi connectivity index (χ3n) is 5.30. The van der Waals surface area contributed by atoms with Gasteiger partial charge in [0.15, 0.2) is 9.84 Å². The fourth-order valence-corrected chi connectivity index (χ4v) is 4.92. The van der Waals surface area contributed by atoms with Crippen molar-refractivity contribution in [1.82, 2.24) is 5.32 Å². The zero-order valence-electron chi connectivity index (χ0n) is 16.2. The maximum atomic E-state index is 12.3. The summed E-state index contributed by atoms with van der Waals surface area (Å²) in [4.78, 5) is 14.1. The van der Waals surface area contributed by atoms with Crippen LogP contribution in [-0.2, 0) is 27.7 Å². The average molecular weight is 402 g/mol. The smallest absolute Gasteiger partial charge is 0.221 e. The van der Waals surface area contributed by atoms with Crippen LogP contribution in [0.5, 0.6) is 0 Å². The molecule has 3 rings (SSSR count). The molecule has 0 saturated carbocycles. The Morgan fingerprint density at radius 1 is 0.893 bits per heavy atom. The zero-order valence-corrected chi connectivity index (χ0v) is 17.0. The largest absolute Gasteiger partial charge is 0.352 e. The zero-order chi connectivity index (χ0) is 19.8. The van der Waals surface area contributed by atoms with E-state index in [2.05, 4.69) is 11.4 Å². The molecule has 2 aromatic carbocycles. The quantitative estimate of drug-likeness (QED) is 0.708. The summed E-state index contributed by atoms with van der Waals surface area (Å²) in [6, 6.07) is 16.5. The minimum Gasteiger partial charge on any atom is -0.352 e.